The molecule has 0 amide bonds. The largest absolute Gasteiger partial charge is 0.483 e. The standard InChI is InChI=1S/C5H5NO/c7-5-3-1-2-4-6-5/h1,3-4H,2H2/p+1. The van der Waals surface area contributed by atoms with Crippen LogP contribution in [0.2, 0.25) is 0 Å². The summed E-state index contributed by atoms with van der Waals surface area (Å²) < 4.78 is 3.59. The molecule has 1 heterocycles. The van der Waals surface area contributed by atoms with Gasteiger partial charge in [-0.05, 0) is 0 Å². The molecule has 0 radical (unpaired) electrons. The Morgan fingerprint density at radius 2 is 2.57 bits per heavy atom. The Kier molecular flexibility index (Phi) is 0.966. The molecule has 0 bridgehead atoms. The van der Waals surface area contributed by atoms with Gasteiger partial charge >= 0.3 is 5.90 Å². The lowest BCUT2D eigenvalue weighted by atomic mass is 10.4. The van der Waals surface area contributed by atoms with Crippen LogP contribution in [0, 0.1) is 0 Å². The number of rotatable bonds is 0. The Labute approximate surface area is 41.5 Å². The van der Waals surface area contributed by atoms with Gasteiger partial charge in [0.1, 0.15) is 0 Å². The summed E-state index contributed by atoms with van der Waals surface area (Å²) in [7, 11) is 0. The van der Waals surface area contributed by atoms with Crippen molar-refractivity contribution in [3.63, 3.8) is 0 Å². The summed E-state index contributed by atoms with van der Waals surface area (Å²) in [5.41, 5.74) is 0. The second kappa shape index (κ2) is 1.63. The van der Waals surface area contributed by atoms with Crippen LogP contribution in [0.5, 0.6) is 0 Å². The zero-order chi connectivity index (χ0) is 5.11. The average Bonchev–Trinajstić information content (AvgIpc) is 1.69. The minimum atomic E-state index is 0.103. The molecule has 7 heavy (non-hydrogen) atoms. The van der Waals surface area contributed by atoms with Crippen LogP contribution < -0.4 is 4.67 Å². The summed E-state index contributed by atoms with van der Waals surface area (Å²) in [6.07, 6.45) is 5.93. The van der Waals surface area contributed by atoms with Gasteiger partial charge in [0.25, 0.3) is 6.21 Å². The van der Waals surface area contributed by atoms with E-state index >= 15 is 0 Å². The summed E-state index contributed by atoms with van der Waals surface area (Å²) in [6, 6.07) is 0. The fourth-order valence-electron chi connectivity index (χ4n) is 0.424. The first-order valence-electron chi connectivity index (χ1n) is 2.14. The second-order valence-corrected chi connectivity index (χ2v) is 1.31. The van der Waals surface area contributed by atoms with Crippen molar-refractivity contribution in [1.29, 1.82) is 0 Å². The number of hydrogen-bond acceptors (Lipinski definition) is 0. The van der Waals surface area contributed by atoms with Crippen molar-refractivity contribution < 1.29 is 5.11 Å². The summed E-state index contributed by atoms with van der Waals surface area (Å²) >= 11 is 0. The predicted octanol–water partition coefficient (Wildman–Crippen LogP) is 0.0408. The van der Waals surface area contributed by atoms with Crippen LogP contribution in [0.1, 0.15) is 6.42 Å². The van der Waals surface area contributed by atoms with Gasteiger partial charge < -0.3 is 5.11 Å². The fourth-order valence-corrected chi connectivity index (χ4v) is 0.424. The van der Waals surface area contributed by atoms with Gasteiger partial charge in [-0.2, -0.15) is 0 Å². The number of nitrogens with zero attached hydrogens (tertiary/aromatic N) is 1. The Morgan fingerprint density at radius 1 is 1.71 bits per heavy atom. The van der Waals surface area contributed by atoms with Gasteiger partial charge in [-0.25, -0.2) is 0 Å². The van der Waals surface area contributed by atoms with Gasteiger partial charge in [0.15, 0.2) is 0 Å². The maximum atomic E-state index is 8.54. The minimum Gasteiger partial charge on any atom is -0.447 e. The number of aliphatic hydroxyl groups excluding tert-OH is 1. The van der Waals surface area contributed by atoms with Crippen LogP contribution in [0.15, 0.2) is 12.2 Å². The fraction of sp³-hybridized carbons (Fsp3) is 0.200. The van der Waals surface area contributed by atoms with Crippen molar-refractivity contribution >= 4 is 12.1 Å². The second-order valence-electron chi connectivity index (χ2n) is 1.31. The zero-order valence-corrected chi connectivity index (χ0v) is 3.83. The highest BCUT2D eigenvalue weighted by Crippen LogP contribution is 1.79. The maximum Gasteiger partial charge on any atom is 0.483 e. The molecule has 1 aliphatic rings. The van der Waals surface area contributed by atoms with Gasteiger partial charge in [0.2, 0.25) is 0 Å². The summed E-state index contributed by atoms with van der Waals surface area (Å²) in [4.78, 5) is 0. The Morgan fingerprint density at radius 3 is 2.86 bits per heavy atom. The molecule has 0 aromatic rings. The van der Waals surface area contributed by atoms with Gasteiger partial charge in [0, 0.05) is 0 Å². The Hall–Kier alpha value is -1.01. The molecule has 0 aliphatic carbocycles. The summed E-state index contributed by atoms with van der Waals surface area (Å²) in [5, 5.41) is 8.54. The van der Waals surface area contributed by atoms with E-state index in [0.29, 0.717) is 0 Å². The molecule has 0 spiro atoms. The third-order valence-corrected chi connectivity index (χ3v) is 0.732. The number of aliphatic hydroxyl groups is 1. The minimum absolute atomic E-state index is 0.103. The molecule has 1 rings (SSSR count). The van der Waals surface area contributed by atoms with Crippen LogP contribution in [-0.4, -0.2) is 17.2 Å². The lowest BCUT2D eigenvalue weighted by molar-refractivity contribution is 0.556. The lowest BCUT2D eigenvalue weighted by Crippen LogP contribution is -1.99. The van der Waals surface area contributed by atoms with E-state index in [1.807, 2.05) is 6.08 Å². The van der Waals surface area contributed by atoms with Crippen molar-refractivity contribution in [1.82, 2.24) is 4.67 Å². The highest BCUT2D eigenvalue weighted by Gasteiger charge is 1.99. The lowest BCUT2D eigenvalue weighted by Gasteiger charge is -1.73. The molecule has 0 aromatic carbocycles. The van der Waals surface area contributed by atoms with Gasteiger partial charge in [-0.1, -0.05) is 10.7 Å². The molecule has 0 saturated carbocycles. The molecule has 0 saturated heterocycles. The monoisotopic (exact) mass is 96.0 g/mol. The first-order valence-corrected chi connectivity index (χ1v) is 2.14. The quantitative estimate of drug-likeness (QED) is 0.424. The first-order chi connectivity index (χ1) is 3.39. The van der Waals surface area contributed by atoms with Crippen molar-refractivity contribution in [3.8, 4) is 0 Å². The zero-order valence-electron chi connectivity index (χ0n) is 3.83. The molecule has 1 N–H and O–H groups in total. The molecular weight excluding hydrogens is 90.1 g/mol. The van der Waals surface area contributed by atoms with Crippen molar-refractivity contribution in [2.45, 2.75) is 6.42 Å². The van der Waals surface area contributed by atoms with E-state index in [2.05, 4.69) is 4.67 Å². The highest BCUT2D eigenvalue weighted by molar-refractivity contribution is 5.89. The molecule has 0 fully saturated rings. The van der Waals surface area contributed by atoms with Crippen LogP contribution in [0.4, 0.5) is 0 Å². The van der Waals surface area contributed by atoms with Crippen molar-refractivity contribution in [2.24, 2.45) is 0 Å². The van der Waals surface area contributed by atoms with Crippen LogP contribution in [0.25, 0.3) is 0 Å². The van der Waals surface area contributed by atoms with Gasteiger partial charge in [-0.3, -0.25) is 0 Å². The van der Waals surface area contributed by atoms with Crippen LogP contribution in [-0.2, 0) is 0 Å². The SMILES string of the molecule is OC1=[N+]=CCC=C1. The van der Waals surface area contributed by atoms with E-state index in [1.165, 1.54) is 0 Å². The van der Waals surface area contributed by atoms with Gasteiger partial charge in [-0.15, -0.1) is 0 Å². The number of hydrogen-bond donors (Lipinski definition) is 1. The highest BCUT2D eigenvalue weighted by atomic mass is 16.3. The smallest absolute Gasteiger partial charge is 0.447 e. The normalized spacial score (nSPS) is 16.9. The molecule has 0 unspecified atom stereocenters. The molecule has 0 atom stereocenters. The molecule has 36 valence electrons. The summed E-state index contributed by atoms with van der Waals surface area (Å²) in [5.74, 6) is 0.103. The van der Waals surface area contributed by atoms with E-state index in [4.69, 9.17) is 5.11 Å². The molecule has 2 heteroatoms. The third-order valence-electron chi connectivity index (χ3n) is 0.732. The Balaban J connectivity index is 2.89. The molecule has 1 aliphatic heterocycles. The predicted molar refractivity (Wildman–Crippen MR) is 29.6 cm³/mol. The van der Waals surface area contributed by atoms with E-state index in [1.54, 1.807) is 12.3 Å². The molecule has 2 nitrogen and oxygen atoms in total. The number of allylic oxidation sites excluding steroid dienone is 1. The van der Waals surface area contributed by atoms with Crippen LogP contribution >= 0.6 is 0 Å². The molecule has 0 aromatic heterocycles. The molecular formula is C5H6NO+. The van der Waals surface area contributed by atoms with Crippen molar-refractivity contribution in [3.05, 3.63) is 12.2 Å². The summed E-state index contributed by atoms with van der Waals surface area (Å²) in [6.45, 7) is 0. The van der Waals surface area contributed by atoms with E-state index in [0.717, 1.165) is 6.42 Å². The third kappa shape index (κ3) is 0.913. The van der Waals surface area contributed by atoms with Crippen molar-refractivity contribution in [2.75, 3.05) is 0 Å². The topological polar surface area (TPSA) is 34.3 Å². The van der Waals surface area contributed by atoms with E-state index in [9.17, 15) is 0 Å². The average molecular weight is 96.1 g/mol. The van der Waals surface area contributed by atoms with E-state index in [-0.39, 0.29) is 5.90 Å². The maximum absolute atomic E-state index is 8.54. The first kappa shape index (κ1) is 4.16. The van der Waals surface area contributed by atoms with Crippen LogP contribution in [0.3, 0.4) is 0 Å². The van der Waals surface area contributed by atoms with Gasteiger partial charge in [0.05, 0.1) is 12.5 Å². The Bertz CT molecular complexity index is 151. The van der Waals surface area contributed by atoms with E-state index < -0.39 is 0 Å².